The maximum atomic E-state index is 13.2. The molecule has 0 bridgehead atoms. The van der Waals surface area contributed by atoms with Gasteiger partial charge < -0.3 is 5.73 Å². The Morgan fingerprint density at radius 1 is 1.00 bits per heavy atom. The molecule has 2 aromatic rings. The summed E-state index contributed by atoms with van der Waals surface area (Å²) in [6.45, 7) is 4.28. The molecule has 2 rings (SSSR count). The van der Waals surface area contributed by atoms with E-state index in [0.29, 0.717) is 0 Å². The van der Waals surface area contributed by atoms with Gasteiger partial charge >= 0.3 is 0 Å². The first kappa shape index (κ1) is 15.0. The summed E-state index contributed by atoms with van der Waals surface area (Å²) in [5.74, 6) is -0.418. The average molecular weight is 292 g/mol. The normalized spacial score (nSPS) is 12.4. The van der Waals surface area contributed by atoms with E-state index in [0.717, 1.165) is 24.0 Å². The molecule has 0 fully saturated rings. The third kappa shape index (κ3) is 3.02. The van der Waals surface area contributed by atoms with Crippen LogP contribution in [0.1, 0.15) is 42.1 Å². The van der Waals surface area contributed by atoms with Crippen molar-refractivity contribution in [2.75, 3.05) is 0 Å². The summed E-state index contributed by atoms with van der Waals surface area (Å²) in [5.41, 5.74) is 10.8. The summed E-state index contributed by atoms with van der Waals surface area (Å²) in [5, 5.41) is 0.110. The van der Waals surface area contributed by atoms with Crippen molar-refractivity contribution in [3.8, 4) is 0 Å². The fraction of sp³-hybridized carbons (Fsp3) is 0.294. The Hall–Kier alpha value is -1.38. The van der Waals surface area contributed by atoms with Crippen LogP contribution >= 0.6 is 11.6 Å². The minimum absolute atomic E-state index is 0.110. The average Bonchev–Trinajstić information content (AvgIpc) is 2.48. The van der Waals surface area contributed by atoms with E-state index < -0.39 is 5.82 Å². The van der Waals surface area contributed by atoms with Crippen molar-refractivity contribution < 1.29 is 4.39 Å². The van der Waals surface area contributed by atoms with Crippen molar-refractivity contribution in [3.05, 3.63) is 69.5 Å². The summed E-state index contributed by atoms with van der Waals surface area (Å²) >= 11 is 5.82. The zero-order chi connectivity index (χ0) is 14.7. The number of rotatable bonds is 4. The monoisotopic (exact) mass is 291 g/mol. The third-order valence-corrected chi connectivity index (χ3v) is 3.94. The van der Waals surface area contributed by atoms with E-state index in [2.05, 4.69) is 26.0 Å². The number of hydrogen-bond acceptors (Lipinski definition) is 1. The smallest absolute Gasteiger partial charge is 0.141 e. The maximum Gasteiger partial charge on any atom is 0.141 e. The number of benzene rings is 2. The van der Waals surface area contributed by atoms with Gasteiger partial charge in [-0.05, 0) is 47.2 Å². The van der Waals surface area contributed by atoms with Crippen LogP contribution in [0, 0.1) is 5.82 Å². The van der Waals surface area contributed by atoms with Crippen molar-refractivity contribution in [1.29, 1.82) is 0 Å². The molecular formula is C17H19ClFN. The highest BCUT2D eigenvalue weighted by Gasteiger charge is 2.12. The number of halogens is 2. The van der Waals surface area contributed by atoms with Crippen molar-refractivity contribution in [1.82, 2.24) is 0 Å². The summed E-state index contributed by atoms with van der Waals surface area (Å²) in [6.07, 6.45) is 2.00. The highest BCUT2D eigenvalue weighted by molar-refractivity contribution is 6.30. The van der Waals surface area contributed by atoms with Crippen LogP contribution in [0.5, 0.6) is 0 Å². The Balaban J connectivity index is 2.37. The van der Waals surface area contributed by atoms with Crippen LogP contribution in [0.3, 0.4) is 0 Å². The van der Waals surface area contributed by atoms with E-state index >= 15 is 0 Å². The quantitative estimate of drug-likeness (QED) is 0.871. The van der Waals surface area contributed by atoms with E-state index in [9.17, 15) is 4.39 Å². The van der Waals surface area contributed by atoms with Gasteiger partial charge in [0.25, 0.3) is 0 Å². The molecule has 0 saturated heterocycles. The summed E-state index contributed by atoms with van der Waals surface area (Å²) in [6, 6.07) is 10.7. The molecule has 0 aliphatic rings. The molecule has 0 radical (unpaired) electrons. The van der Waals surface area contributed by atoms with Gasteiger partial charge in [0.05, 0.1) is 11.1 Å². The highest BCUT2D eigenvalue weighted by Crippen LogP contribution is 2.26. The molecule has 0 spiro atoms. The molecule has 0 aliphatic heterocycles. The lowest BCUT2D eigenvalue weighted by atomic mass is 9.94. The van der Waals surface area contributed by atoms with Gasteiger partial charge in [-0.2, -0.15) is 0 Å². The Kier molecular flexibility index (Phi) is 4.79. The molecule has 20 heavy (non-hydrogen) atoms. The number of aryl methyl sites for hydroxylation is 2. The van der Waals surface area contributed by atoms with Gasteiger partial charge in [-0.3, -0.25) is 0 Å². The molecule has 1 unspecified atom stereocenters. The molecule has 0 aliphatic carbocycles. The van der Waals surface area contributed by atoms with Gasteiger partial charge in [0.15, 0.2) is 0 Å². The zero-order valence-corrected chi connectivity index (χ0v) is 12.5. The van der Waals surface area contributed by atoms with E-state index in [-0.39, 0.29) is 11.1 Å². The van der Waals surface area contributed by atoms with E-state index in [1.54, 1.807) is 12.1 Å². The Morgan fingerprint density at radius 3 is 2.20 bits per heavy atom. The highest BCUT2D eigenvalue weighted by atomic mass is 35.5. The molecule has 1 atom stereocenters. The minimum Gasteiger partial charge on any atom is -0.320 e. The molecule has 3 heteroatoms. The van der Waals surface area contributed by atoms with Crippen LogP contribution in [-0.2, 0) is 12.8 Å². The molecular weight excluding hydrogens is 273 g/mol. The molecule has 106 valence electrons. The zero-order valence-electron chi connectivity index (χ0n) is 11.8. The largest absolute Gasteiger partial charge is 0.320 e. The first-order valence-corrected chi connectivity index (χ1v) is 7.26. The molecule has 1 nitrogen and oxygen atoms in total. The van der Waals surface area contributed by atoms with Crippen LogP contribution in [0.2, 0.25) is 5.02 Å². The summed E-state index contributed by atoms with van der Waals surface area (Å²) in [4.78, 5) is 0. The van der Waals surface area contributed by atoms with Gasteiger partial charge in [-0.25, -0.2) is 4.39 Å². The predicted molar refractivity (Wildman–Crippen MR) is 82.6 cm³/mol. The molecule has 0 amide bonds. The predicted octanol–water partition coefficient (Wildman–Crippen LogP) is 4.65. The topological polar surface area (TPSA) is 26.0 Å². The van der Waals surface area contributed by atoms with Crippen molar-refractivity contribution >= 4 is 11.6 Å². The molecule has 0 heterocycles. The molecule has 2 aromatic carbocycles. The number of nitrogens with two attached hydrogens (primary N) is 1. The van der Waals surface area contributed by atoms with Gasteiger partial charge in [0.2, 0.25) is 0 Å². The van der Waals surface area contributed by atoms with Gasteiger partial charge in [-0.1, -0.05) is 49.7 Å². The second kappa shape index (κ2) is 6.38. The van der Waals surface area contributed by atoms with Crippen LogP contribution in [-0.4, -0.2) is 0 Å². The van der Waals surface area contributed by atoms with Crippen LogP contribution in [0.15, 0.2) is 36.4 Å². The van der Waals surface area contributed by atoms with Gasteiger partial charge in [0.1, 0.15) is 5.82 Å². The lowest BCUT2D eigenvalue weighted by Gasteiger charge is -2.16. The minimum atomic E-state index is -0.418. The first-order valence-electron chi connectivity index (χ1n) is 6.89. The van der Waals surface area contributed by atoms with E-state index in [1.165, 1.54) is 17.2 Å². The lowest BCUT2D eigenvalue weighted by molar-refractivity contribution is 0.627. The van der Waals surface area contributed by atoms with E-state index in [1.807, 2.05) is 6.07 Å². The molecule has 0 aromatic heterocycles. The van der Waals surface area contributed by atoms with Crippen LogP contribution in [0.4, 0.5) is 4.39 Å². The first-order chi connectivity index (χ1) is 9.56. The third-order valence-electron chi connectivity index (χ3n) is 3.65. The Morgan fingerprint density at radius 2 is 1.60 bits per heavy atom. The lowest BCUT2D eigenvalue weighted by Crippen LogP contribution is -2.12. The van der Waals surface area contributed by atoms with Crippen molar-refractivity contribution in [2.45, 2.75) is 32.7 Å². The van der Waals surface area contributed by atoms with Gasteiger partial charge in [0, 0.05) is 0 Å². The fourth-order valence-corrected chi connectivity index (χ4v) is 2.60. The maximum absolute atomic E-state index is 13.2. The van der Waals surface area contributed by atoms with Gasteiger partial charge in [-0.15, -0.1) is 0 Å². The van der Waals surface area contributed by atoms with Crippen molar-refractivity contribution in [3.63, 3.8) is 0 Å². The van der Waals surface area contributed by atoms with Crippen LogP contribution in [0.25, 0.3) is 0 Å². The SMILES string of the molecule is CCc1ccc(C(N)c2ccc(F)c(Cl)c2)cc1CC. The second-order valence-electron chi connectivity index (χ2n) is 4.89. The number of hydrogen-bond donors (Lipinski definition) is 1. The Labute approximate surface area is 124 Å². The standard InChI is InChI=1S/C17H19ClFN/c1-3-11-5-6-13(9-12(11)4-2)17(20)14-7-8-16(19)15(18)10-14/h5-10,17H,3-4,20H2,1-2H3. The fourth-order valence-electron chi connectivity index (χ4n) is 2.41. The van der Waals surface area contributed by atoms with Crippen LogP contribution < -0.4 is 5.73 Å². The second-order valence-corrected chi connectivity index (χ2v) is 5.29. The molecule has 0 saturated carbocycles. The summed E-state index contributed by atoms with van der Waals surface area (Å²) < 4.78 is 13.2. The van der Waals surface area contributed by atoms with Crippen molar-refractivity contribution in [2.24, 2.45) is 5.73 Å². The molecule has 2 N–H and O–H groups in total. The Bertz CT molecular complexity index is 610. The summed E-state index contributed by atoms with van der Waals surface area (Å²) in [7, 11) is 0. The van der Waals surface area contributed by atoms with E-state index in [4.69, 9.17) is 17.3 Å².